The van der Waals surface area contributed by atoms with Crippen molar-refractivity contribution in [2.24, 2.45) is 0 Å². The number of fused-ring (bicyclic) bond motifs is 1. The van der Waals surface area contributed by atoms with Crippen LogP contribution in [-0.2, 0) is 13.1 Å². The van der Waals surface area contributed by atoms with Gasteiger partial charge in [0.2, 0.25) is 0 Å². The van der Waals surface area contributed by atoms with Gasteiger partial charge < -0.3 is 20.3 Å². The van der Waals surface area contributed by atoms with Crippen molar-refractivity contribution in [1.82, 2.24) is 30.0 Å². The van der Waals surface area contributed by atoms with Gasteiger partial charge in [0, 0.05) is 36.8 Å². The number of para-hydroxylation sites is 1. The molecule has 0 aliphatic heterocycles. The zero-order valence-corrected chi connectivity index (χ0v) is 13.7. The van der Waals surface area contributed by atoms with Crippen LogP contribution in [0, 0.1) is 0 Å². The van der Waals surface area contributed by atoms with Crippen molar-refractivity contribution >= 4 is 16.9 Å². The molecule has 8 heteroatoms. The zero-order chi connectivity index (χ0) is 17.1. The summed E-state index contributed by atoms with van der Waals surface area (Å²) >= 11 is 0. The molecule has 0 aliphatic rings. The Labute approximate surface area is 139 Å². The maximum absolute atomic E-state index is 11.7. The van der Waals surface area contributed by atoms with Crippen molar-refractivity contribution in [3.05, 3.63) is 36.3 Å². The lowest BCUT2D eigenvalue weighted by Gasteiger charge is -2.11. The average Bonchev–Trinajstić information content (AvgIpc) is 3.16. The molecule has 0 atom stereocenters. The maximum atomic E-state index is 11.7. The Kier molecular flexibility index (Phi) is 4.48. The van der Waals surface area contributed by atoms with Crippen LogP contribution >= 0.6 is 0 Å². The summed E-state index contributed by atoms with van der Waals surface area (Å²) in [5.74, 6) is 1.16. The van der Waals surface area contributed by atoms with E-state index in [4.69, 9.17) is 0 Å². The molecule has 0 bridgehead atoms. The number of carbonyl (C=O) groups excluding carboxylic acids is 1. The molecule has 2 aromatic heterocycles. The summed E-state index contributed by atoms with van der Waals surface area (Å²) in [5.41, 5.74) is 1.90. The molecule has 3 rings (SSSR count). The van der Waals surface area contributed by atoms with Gasteiger partial charge in [-0.15, -0.1) is 0 Å². The number of hydrogen-bond acceptors (Lipinski definition) is 4. The Morgan fingerprint density at radius 2 is 2.17 bits per heavy atom. The number of rotatable bonds is 5. The topological polar surface area (TPSA) is 99.1 Å². The third kappa shape index (κ3) is 3.09. The van der Waals surface area contributed by atoms with Gasteiger partial charge in [0.05, 0.1) is 19.7 Å². The van der Waals surface area contributed by atoms with E-state index in [0.717, 1.165) is 16.5 Å². The van der Waals surface area contributed by atoms with Crippen LogP contribution in [-0.4, -0.2) is 56.5 Å². The van der Waals surface area contributed by atoms with Crippen molar-refractivity contribution in [2.45, 2.75) is 13.1 Å². The van der Waals surface area contributed by atoms with Gasteiger partial charge >= 0.3 is 6.03 Å². The van der Waals surface area contributed by atoms with Crippen LogP contribution < -0.4 is 5.32 Å². The maximum Gasteiger partial charge on any atom is 0.317 e. The van der Waals surface area contributed by atoms with Crippen LogP contribution in [0.15, 0.2) is 30.5 Å². The molecule has 0 saturated heterocycles. The second-order valence-corrected chi connectivity index (χ2v) is 5.60. The van der Waals surface area contributed by atoms with Gasteiger partial charge in [-0.3, -0.25) is 0 Å². The van der Waals surface area contributed by atoms with Crippen molar-refractivity contribution < 1.29 is 9.90 Å². The number of aliphatic hydroxyl groups excluding tert-OH is 1. The number of urea groups is 1. The fourth-order valence-electron chi connectivity index (χ4n) is 2.46. The van der Waals surface area contributed by atoms with Crippen molar-refractivity contribution in [1.29, 1.82) is 0 Å². The number of amides is 2. The van der Waals surface area contributed by atoms with E-state index < -0.39 is 0 Å². The Hall–Kier alpha value is -2.87. The largest absolute Gasteiger partial charge is 0.394 e. The van der Waals surface area contributed by atoms with Gasteiger partial charge in [0.15, 0.2) is 5.82 Å². The molecule has 2 amide bonds. The van der Waals surface area contributed by atoms with Gasteiger partial charge in [-0.2, -0.15) is 5.10 Å². The second-order valence-electron chi connectivity index (χ2n) is 5.60. The third-order valence-corrected chi connectivity index (χ3v) is 3.69. The lowest BCUT2D eigenvalue weighted by Crippen LogP contribution is -2.34. The van der Waals surface area contributed by atoms with Crippen LogP contribution in [0.3, 0.4) is 0 Å². The molecule has 0 unspecified atom stereocenters. The van der Waals surface area contributed by atoms with Gasteiger partial charge in [-0.1, -0.05) is 18.2 Å². The molecule has 3 aromatic rings. The molecular formula is C16H20N6O2. The Bertz CT molecular complexity index is 851. The lowest BCUT2D eigenvalue weighted by atomic mass is 10.2. The highest BCUT2D eigenvalue weighted by Crippen LogP contribution is 2.26. The monoisotopic (exact) mass is 328 g/mol. The number of H-pyrrole nitrogens is 1. The number of carbonyl (C=O) groups is 1. The summed E-state index contributed by atoms with van der Waals surface area (Å²) in [6.07, 6.45) is 1.87. The Morgan fingerprint density at radius 3 is 2.92 bits per heavy atom. The molecule has 0 saturated carbocycles. The number of nitrogens with one attached hydrogen (secondary N) is 2. The van der Waals surface area contributed by atoms with Gasteiger partial charge in [0.25, 0.3) is 0 Å². The molecule has 24 heavy (non-hydrogen) atoms. The van der Waals surface area contributed by atoms with Gasteiger partial charge in [0.1, 0.15) is 5.82 Å². The number of hydrogen-bond donors (Lipinski definition) is 3. The highest BCUT2D eigenvalue weighted by molar-refractivity contribution is 5.93. The van der Waals surface area contributed by atoms with Crippen LogP contribution in [0.25, 0.3) is 22.3 Å². The summed E-state index contributed by atoms with van der Waals surface area (Å²) in [6, 6.07) is 7.70. The minimum Gasteiger partial charge on any atom is -0.394 e. The fraction of sp³-hybridized carbons (Fsp3) is 0.312. The molecule has 0 aliphatic carbocycles. The molecule has 2 heterocycles. The standard InChI is InChI=1S/C16H20N6O2/c1-21(2)16(24)18-10-14-19-15(20-22(14)7-8-23)12-9-17-13-6-4-3-5-11(12)13/h3-6,9,17,23H,7-8,10H2,1-2H3,(H,18,24). The first-order valence-electron chi connectivity index (χ1n) is 7.66. The minimum atomic E-state index is -0.206. The number of aromatic nitrogens is 4. The number of aliphatic hydroxyl groups is 1. The first kappa shape index (κ1) is 16.0. The van der Waals surface area contributed by atoms with E-state index in [-0.39, 0.29) is 19.2 Å². The van der Waals surface area contributed by atoms with Crippen LogP contribution in [0.1, 0.15) is 5.82 Å². The summed E-state index contributed by atoms with van der Waals surface area (Å²) < 4.78 is 1.62. The van der Waals surface area contributed by atoms with E-state index in [0.29, 0.717) is 18.2 Å². The van der Waals surface area contributed by atoms with E-state index in [2.05, 4.69) is 20.4 Å². The average molecular weight is 328 g/mol. The zero-order valence-electron chi connectivity index (χ0n) is 13.7. The molecule has 8 nitrogen and oxygen atoms in total. The molecular weight excluding hydrogens is 308 g/mol. The van der Waals surface area contributed by atoms with E-state index in [1.165, 1.54) is 4.90 Å². The summed E-state index contributed by atoms with van der Waals surface area (Å²) in [6.45, 7) is 0.514. The van der Waals surface area contributed by atoms with Crippen LogP contribution in [0.4, 0.5) is 4.79 Å². The first-order valence-corrected chi connectivity index (χ1v) is 7.66. The van der Waals surface area contributed by atoms with Crippen molar-refractivity contribution in [2.75, 3.05) is 20.7 Å². The number of aromatic amines is 1. The SMILES string of the molecule is CN(C)C(=O)NCc1nc(-c2c[nH]c3ccccc23)nn1CCO. The molecule has 0 radical (unpaired) electrons. The molecule has 0 spiro atoms. The third-order valence-electron chi connectivity index (χ3n) is 3.69. The van der Waals surface area contributed by atoms with E-state index in [1.54, 1.807) is 18.8 Å². The first-order chi connectivity index (χ1) is 11.6. The van der Waals surface area contributed by atoms with E-state index in [9.17, 15) is 9.90 Å². The van der Waals surface area contributed by atoms with E-state index >= 15 is 0 Å². The lowest BCUT2D eigenvalue weighted by molar-refractivity contribution is 0.216. The molecule has 126 valence electrons. The quantitative estimate of drug-likeness (QED) is 0.655. The van der Waals surface area contributed by atoms with Gasteiger partial charge in [-0.05, 0) is 6.07 Å². The Balaban J connectivity index is 1.92. The predicted octanol–water partition coefficient (Wildman–Crippen LogP) is 1.19. The normalized spacial score (nSPS) is 11.0. The van der Waals surface area contributed by atoms with E-state index in [1.807, 2.05) is 30.5 Å². The highest BCUT2D eigenvalue weighted by atomic mass is 16.3. The summed E-state index contributed by atoms with van der Waals surface area (Å²) in [7, 11) is 3.34. The number of nitrogens with zero attached hydrogens (tertiary/aromatic N) is 4. The fourth-order valence-corrected chi connectivity index (χ4v) is 2.46. The summed E-state index contributed by atoms with van der Waals surface area (Å²) in [4.78, 5) is 20.9. The van der Waals surface area contributed by atoms with Crippen molar-refractivity contribution in [3.63, 3.8) is 0 Å². The highest BCUT2D eigenvalue weighted by Gasteiger charge is 2.15. The molecule has 1 aromatic carbocycles. The predicted molar refractivity (Wildman–Crippen MR) is 90.3 cm³/mol. The van der Waals surface area contributed by atoms with Gasteiger partial charge in [-0.25, -0.2) is 14.5 Å². The molecule has 0 fully saturated rings. The second kappa shape index (κ2) is 6.71. The van der Waals surface area contributed by atoms with Crippen LogP contribution in [0.5, 0.6) is 0 Å². The summed E-state index contributed by atoms with van der Waals surface area (Å²) in [5, 5.41) is 17.5. The minimum absolute atomic E-state index is 0.0503. The molecule has 3 N–H and O–H groups in total. The van der Waals surface area contributed by atoms with Crippen molar-refractivity contribution in [3.8, 4) is 11.4 Å². The van der Waals surface area contributed by atoms with Crippen LogP contribution in [0.2, 0.25) is 0 Å². The Morgan fingerprint density at radius 1 is 1.38 bits per heavy atom. The number of benzene rings is 1. The smallest absolute Gasteiger partial charge is 0.317 e.